The first-order chi connectivity index (χ1) is 13.1. The number of carbonyl (C=O) groups is 1. The molecule has 0 aromatic carbocycles. The summed E-state index contributed by atoms with van der Waals surface area (Å²) < 4.78 is 5.39. The zero-order chi connectivity index (χ0) is 19.1. The van der Waals surface area contributed by atoms with Gasteiger partial charge in [0.05, 0.1) is 19.3 Å². The lowest BCUT2D eigenvalue weighted by molar-refractivity contribution is 0.0209. The highest BCUT2D eigenvalue weighted by Crippen LogP contribution is 2.29. The number of hydrogen-bond donors (Lipinski definition) is 2. The van der Waals surface area contributed by atoms with Crippen molar-refractivity contribution in [1.29, 1.82) is 0 Å². The standard InChI is InChI=1S/C20H34N4O2S/c1-16-5-7-24(8-6-16)18(19-4-3-13-27-19)15-22-20(25)21-14-17(2)23-9-11-26-12-10-23/h3-4,13,16-18H,5-12,14-15H2,1-2H3,(H2,21,22,25). The van der Waals surface area contributed by atoms with Gasteiger partial charge in [0, 0.05) is 37.1 Å². The Balaban J connectivity index is 1.45. The molecule has 27 heavy (non-hydrogen) atoms. The number of rotatable bonds is 7. The number of piperidine rings is 1. The molecule has 6 nitrogen and oxygen atoms in total. The van der Waals surface area contributed by atoms with E-state index >= 15 is 0 Å². The summed E-state index contributed by atoms with van der Waals surface area (Å²) in [6.45, 7) is 11.5. The number of urea groups is 1. The van der Waals surface area contributed by atoms with Crippen LogP contribution in [0.2, 0.25) is 0 Å². The highest BCUT2D eigenvalue weighted by molar-refractivity contribution is 7.10. The second-order valence-corrected chi connectivity index (χ2v) is 8.82. The average Bonchev–Trinajstić information content (AvgIpc) is 3.23. The van der Waals surface area contributed by atoms with E-state index in [1.54, 1.807) is 11.3 Å². The number of carbonyl (C=O) groups excluding carboxylic acids is 1. The molecule has 0 saturated carbocycles. The average molecular weight is 395 g/mol. The van der Waals surface area contributed by atoms with Crippen molar-refractivity contribution in [2.45, 2.75) is 38.8 Å². The molecule has 1 aromatic heterocycles. The molecule has 2 aliphatic rings. The summed E-state index contributed by atoms with van der Waals surface area (Å²) in [6.07, 6.45) is 2.48. The van der Waals surface area contributed by atoms with Gasteiger partial charge < -0.3 is 15.4 Å². The Labute approximate surface area is 167 Å². The lowest BCUT2D eigenvalue weighted by atomic mass is 9.97. The Bertz CT molecular complexity index is 554. The number of hydrogen-bond acceptors (Lipinski definition) is 5. The number of nitrogens with one attached hydrogen (secondary N) is 2. The van der Waals surface area contributed by atoms with Crippen LogP contribution in [-0.4, -0.2) is 74.4 Å². The molecule has 2 amide bonds. The van der Waals surface area contributed by atoms with Gasteiger partial charge in [0.1, 0.15) is 0 Å². The number of likely N-dealkylation sites (tertiary alicyclic amines) is 1. The van der Waals surface area contributed by atoms with Crippen molar-refractivity contribution in [1.82, 2.24) is 20.4 Å². The number of morpholine rings is 1. The minimum atomic E-state index is -0.0676. The maximum absolute atomic E-state index is 12.4. The smallest absolute Gasteiger partial charge is 0.314 e. The van der Waals surface area contributed by atoms with Gasteiger partial charge >= 0.3 is 6.03 Å². The molecule has 7 heteroatoms. The summed E-state index contributed by atoms with van der Waals surface area (Å²) in [5.74, 6) is 0.808. The molecule has 0 spiro atoms. The Morgan fingerprint density at radius 1 is 1.19 bits per heavy atom. The molecule has 2 fully saturated rings. The number of thiophene rings is 1. The van der Waals surface area contributed by atoms with Crippen molar-refractivity contribution in [2.24, 2.45) is 5.92 Å². The van der Waals surface area contributed by atoms with E-state index < -0.39 is 0 Å². The van der Waals surface area contributed by atoms with Crippen LogP contribution in [0.5, 0.6) is 0 Å². The van der Waals surface area contributed by atoms with Crippen LogP contribution < -0.4 is 10.6 Å². The Morgan fingerprint density at radius 2 is 1.89 bits per heavy atom. The van der Waals surface area contributed by atoms with Gasteiger partial charge in [-0.2, -0.15) is 0 Å². The van der Waals surface area contributed by atoms with E-state index in [0.29, 0.717) is 19.1 Å². The lowest BCUT2D eigenvalue weighted by Gasteiger charge is -2.36. The van der Waals surface area contributed by atoms with Gasteiger partial charge in [-0.3, -0.25) is 9.80 Å². The van der Waals surface area contributed by atoms with Crippen molar-refractivity contribution in [3.8, 4) is 0 Å². The van der Waals surface area contributed by atoms with E-state index in [1.165, 1.54) is 17.7 Å². The van der Waals surface area contributed by atoms with E-state index in [4.69, 9.17) is 4.74 Å². The van der Waals surface area contributed by atoms with E-state index in [0.717, 1.165) is 45.3 Å². The molecule has 2 N–H and O–H groups in total. The van der Waals surface area contributed by atoms with Crippen LogP contribution in [0.1, 0.15) is 37.6 Å². The normalized spacial score (nSPS) is 22.3. The van der Waals surface area contributed by atoms with Gasteiger partial charge in [-0.1, -0.05) is 13.0 Å². The predicted molar refractivity (Wildman–Crippen MR) is 110 cm³/mol. The summed E-state index contributed by atoms with van der Waals surface area (Å²) in [5.41, 5.74) is 0. The molecule has 152 valence electrons. The van der Waals surface area contributed by atoms with Crippen molar-refractivity contribution in [2.75, 3.05) is 52.5 Å². The fraction of sp³-hybridized carbons (Fsp3) is 0.750. The second kappa shape index (κ2) is 10.4. The number of ether oxygens (including phenoxy) is 1. The summed E-state index contributed by atoms with van der Waals surface area (Å²) in [7, 11) is 0. The largest absolute Gasteiger partial charge is 0.379 e. The zero-order valence-corrected chi connectivity index (χ0v) is 17.5. The zero-order valence-electron chi connectivity index (χ0n) is 16.7. The van der Waals surface area contributed by atoms with Crippen molar-refractivity contribution in [3.05, 3.63) is 22.4 Å². The topological polar surface area (TPSA) is 56.8 Å². The first kappa shape index (κ1) is 20.6. The maximum atomic E-state index is 12.4. The van der Waals surface area contributed by atoms with Gasteiger partial charge in [-0.15, -0.1) is 11.3 Å². The minimum Gasteiger partial charge on any atom is -0.379 e. The van der Waals surface area contributed by atoms with Gasteiger partial charge in [-0.05, 0) is 50.2 Å². The lowest BCUT2D eigenvalue weighted by Crippen LogP contribution is -2.50. The minimum absolute atomic E-state index is 0.0676. The van der Waals surface area contributed by atoms with Crippen LogP contribution in [0.4, 0.5) is 4.79 Å². The van der Waals surface area contributed by atoms with Crippen LogP contribution in [0.15, 0.2) is 17.5 Å². The highest BCUT2D eigenvalue weighted by atomic mass is 32.1. The third-order valence-corrected chi connectivity index (χ3v) is 6.79. The van der Waals surface area contributed by atoms with Crippen LogP contribution in [-0.2, 0) is 4.74 Å². The molecule has 2 aliphatic heterocycles. The number of nitrogens with zero attached hydrogens (tertiary/aromatic N) is 2. The van der Waals surface area contributed by atoms with E-state index in [1.807, 2.05) is 0 Å². The summed E-state index contributed by atoms with van der Waals surface area (Å²) in [6, 6.07) is 4.83. The summed E-state index contributed by atoms with van der Waals surface area (Å²) in [5, 5.41) is 8.28. The van der Waals surface area contributed by atoms with E-state index in [-0.39, 0.29) is 12.1 Å². The van der Waals surface area contributed by atoms with Gasteiger partial charge in [0.15, 0.2) is 0 Å². The maximum Gasteiger partial charge on any atom is 0.314 e. The molecule has 3 heterocycles. The fourth-order valence-corrected chi connectivity index (χ4v) is 4.73. The number of amides is 2. The van der Waals surface area contributed by atoms with Gasteiger partial charge in [0.2, 0.25) is 0 Å². The first-order valence-corrected chi connectivity index (χ1v) is 11.1. The summed E-state index contributed by atoms with van der Waals surface area (Å²) in [4.78, 5) is 18.6. The van der Waals surface area contributed by atoms with Crippen molar-refractivity contribution < 1.29 is 9.53 Å². The Hall–Kier alpha value is -1.15. The van der Waals surface area contributed by atoms with Crippen LogP contribution in [0.3, 0.4) is 0 Å². The van der Waals surface area contributed by atoms with Crippen LogP contribution in [0, 0.1) is 5.92 Å². The molecule has 2 saturated heterocycles. The molecule has 2 unspecified atom stereocenters. The third-order valence-electron chi connectivity index (χ3n) is 5.81. The van der Waals surface area contributed by atoms with Gasteiger partial charge in [-0.25, -0.2) is 4.79 Å². The third kappa shape index (κ3) is 6.17. The molecule has 3 rings (SSSR count). The Morgan fingerprint density at radius 3 is 2.56 bits per heavy atom. The molecular weight excluding hydrogens is 360 g/mol. The molecule has 0 radical (unpaired) electrons. The molecule has 0 bridgehead atoms. The predicted octanol–water partition coefficient (Wildman–Crippen LogP) is 2.54. The molecule has 1 aromatic rings. The quantitative estimate of drug-likeness (QED) is 0.746. The molecule has 0 aliphatic carbocycles. The summed E-state index contributed by atoms with van der Waals surface area (Å²) >= 11 is 1.78. The second-order valence-electron chi connectivity index (χ2n) is 7.84. The van der Waals surface area contributed by atoms with E-state index in [2.05, 4.69) is 51.8 Å². The van der Waals surface area contributed by atoms with Crippen molar-refractivity contribution in [3.63, 3.8) is 0 Å². The van der Waals surface area contributed by atoms with Crippen molar-refractivity contribution >= 4 is 17.4 Å². The SMILES string of the molecule is CC1CCN(C(CNC(=O)NCC(C)N2CCOCC2)c2cccs2)CC1. The highest BCUT2D eigenvalue weighted by Gasteiger charge is 2.26. The Kier molecular flexibility index (Phi) is 7.93. The van der Waals surface area contributed by atoms with Crippen LogP contribution in [0.25, 0.3) is 0 Å². The molecular formula is C20H34N4O2S. The van der Waals surface area contributed by atoms with Crippen LogP contribution >= 0.6 is 11.3 Å². The van der Waals surface area contributed by atoms with E-state index in [9.17, 15) is 4.79 Å². The fourth-order valence-electron chi connectivity index (χ4n) is 3.87. The monoisotopic (exact) mass is 394 g/mol. The van der Waals surface area contributed by atoms with Gasteiger partial charge in [0.25, 0.3) is 0 Å². The first-order valence-electron chi connectivity index (χ1n) is 10.2. The molecule has 2 atom stereocenters.